The number of rotatable bonds is 1. The van der Waals surface area contributed by atoms with Gasteiger partial charge in [0.25, 0.3) is 0 Å². The molecule has 16 heavy (non-hydrogen) atoms. The summed E-state index contributed by atoms with van der Waals surface area (Å²) >= 11 is 0. The van der Waals surface area contributed by atoms with Crippen LogP contribution in [0.2, 0.25) is 0 Å². The van der Waals surface area contributed by atoms with Crippen molar-refractivity contribution in [3.63, 3.8) is 0 Å². The molecule has 1 saturated heterocycles. The van der Waals surface area contributed by atoms with E-state index >= 15 is 0 Å². The molecule has 2 rings (SSSR count). The quantitative estimate of drug-likeness (QED) is 0.736. The molecule has 0 atom stereocenters. The number of hydrogen-bond acceptors (Lipinski definition) is 2. The molecular weight excluding hydrogens is 217 g/mol. The lowest BCUT2D eigenvalue weighted by Gasteiger charge is -2.33. The van der Waals surface area contributed by atoms with E-state index in [1.807, 2.05) is 4.90 Å². The second kappa shape index (κ2) is 4.31. The van der Waals surface area contributed by atoms with E-state index in [0.717, 1.165) is 5.82 Å². The first-order chi connectivity index (χ1) is 7.57. The maximum absolute atomic E-state index is 12.4. The molecule has 0 N–H and O–H groups in total. The molecule has 87 valence electrons. The topological polar surface area (TPSA) is 16.1 Å². The molecule has 0 amide bonds. The lowest BCUT2D eigenvalue weighted by atomic mass is 9.96. The second-order valence-electron chi connectivity index (χ2n) is 3.92. The molecule has 2 heterocycles. The van der Waals surface area contributed by atoms with E-state index in [9.17, 15) is 13.2 Å². The Bertz CT molecular complexity index is 329. The van der Waals surface area contributed by atoms with Gasteiger partial charge in [-0.2, -0.15) is 13.2 Å². The third kappa shape index (κ3) is 2.46. The monoisotopic (exact) mass is 229 g/mol. The fourth-order valence-electron chi connectivity index (χ4n) is 1.94. The van der Waals surface area contributed by atoms with Crippen molar-refractivity contribution in [3.8, 4) is 0 Å². The summed E-state index contributed by atoms with van der Waals surface area (Å²) in [4.78, 5) is 5.96. The molecular formula is C11H12F3N2. The first-order valence-corrected chi connectivity index (χ1v) is 5.21. The van der Waals surface area contributed by atoms with Gasteiger partial charge in [-0.1, -0.05) is 0 Å². The summed E-state index contributed by atoms with van der Waals surface area (Å²) in [6.07, 6.45) is -2.21. The molecule has 1 fully saturated rings. The maximum atomic E-state index is 12.4. The molecule has 1 aromatic heterocycles. The predicted octanol–water partition coefficient (Wildman–Crippen LogP) is 2.66. The molecule has 0 saturated carbocycles. The summed E-state index contributed by atoms with van der Waals surface area (Å²) in [7, 11) is 0. The number of aromatic nitrogens is 1. The van der Waals surface area contributed by atoms with E-state index in [-0.39, 0.29) is 12.8 Å². The normalized spacial score (nSPS) is 18.8. The van der Waals surface area contributed by atoms with E-state index < -0.39 is 12.1 Å². The average molecular weight is 229 g/mol. The summed E-state index contributed by atoms with van der Waals surface area (Å²) in [5.74, 6) is -0.418. The fourth-order valence-corrected chi connectivity index (χ4v) is 1.94. The number of alkyl halides is 3. The van der Waals surface area contributed by atoms with Crippen LogP contribution in [0.3, 0.4) is 0 Å². The first-order valence-electron chi connectivity index (χ1n) is 5.21. The number of pyridine rings is 1. The summed E-state index contributed by atoms with van der Waals surface area (Å²) in [6.45, 7) is 0.836. The Kier molecular flexibility index (Phi) is 3.03. The van der Waals surface area contributed by atoms with Crippen LogP contribution in [0, 0.1) is 12.0 Å². The lowest BCUT2D eigenvalue weighted by Crippen LogP contribution is -2.39. The Balaban J connectivity index is 1.96. The Morgan fingerprint density at radius 2 is 2.00 bits per heavy atom. The van der Waals surface area contributed by atoms with Crippen molar-refractivity contribution in [1.82, 2.24) is 4.98 Å². The van der Waals surface area contributed by atoms with Crippen LogP contribution in [-0.4, -0.2) is 24.2 Å². The lowest BCUT2D eigenvalue weighted by molar-refractivity contribution is -0.179. The van der Waals surface area contributed by atoms with Crippen LogP contribution in [-0.2, 0) is 0 Å². The minimum Gasteiger partial charge on any atom is -0.357 e. The SMILES string of the molecule is FC(F)(F)C1CCN(c2cc[c]cn2)CC1. The molecule has 0 aromatic carbocycles. The number of halogens is 3. The van der Waals surface area contributed by atoms with E-state index in [1.165, 1.54) is 6.20 Å². The van der Waals surface area contributed by atoms with E-state index in [0.29, 0.717) is 13.1 Å². The summed E-state index contributed by atoms with van der Waals surface area (Å²) in [6, 6.07) is 6.28. The van der Waals surface area contributed by atoms with Crippen LogP contribution >= 0.6 is 0 Å². The number of nitrogens with zero attached hydrogens (tertiary/aromatic N) is 2. The van der Waals surface area contributed by atoms with Crippen molar-refractivity contribution in [2.45, 2.75) is 19.0 Å². The molecule has 1 radical (unpaired) electrons. The highest BCUT2D eigenvalue weighted by Crippen LogP contribution is 2.34. The van der Waals surface area contributed by atoms with E-state index in [1.54, 1.807) is 12.1 Å². The Morgan fingerprint density at radius 1 is 1.31 bits per heavy atom. The zero-order valence-corrected chi connectivity index (χ0v) is 8.67. The largest absolute Gasteiger partial charge is 0.391 e. The predicted molar refractivity (Wildman–Crippen MR) is 54.1 cm³/mol. The number of anilines is 1. The van der Waals surface area contributed by atoms with Crippen LogP contribution in [0.5, 0.6) is 0 Å². The van der Waals surface area contributed by atoms with Crippen molar-refractivity contribution in [2.24, 2.45) is 5.92 Å². The summed E-state index contributed by atoms with van der Waals surface area (Å²) < 4.78 is 37.3. The molecule has 0 aliphatic carbocycles. The number of hydrogen-bond donors (Lipinski definition) is 0. The summed E-state index contributed by atoms with van der Waals surface area (Å²) in [5.41, 5.74) is 0. The van der Waals surface area contributed by atoms with Gasteiger partial charge in [0.1, 0.15) is 5.82 Å². The molecule has 0 spiro atoms. The van der Waals surface area contributed by atoms with Gasteiger partial charge in [-0.25, -0.2) is 4.98 Å². The van der Waals surface area contributed by atoms with Gasteiger partial charge < -0.3 is 4.90 Å². The van der Waals surface area contributed by atoms with Crippen molar-refractivity contribution >= 4 is 5.82 Å². The molecule has 1 aliphatic heterocycles. The van der Waals surface area contributed by atoms with Gasteiger partial charge in [-0.3, -0.25) is 0 Å². The molecule has 1 aliphatic rings. The van der Waals surface area contributed by atoms with Gasteiger partial charge in [0.15, 0.2) is 0 Å². The zero-order chi connectivity index (χ0) is 11.6. The smallest absolute Gasteiger partial charge is 0.357 e. The highest BCUT2D eigenvalue weighted by Gasteiger charge is 2.41. The molecule has 0 unspecified atom stereocenters. The van der Waals surface area contributed by atoms with Gasteiger partial charge in [0.2, 0.25) is 0 Å². The zero-order valence-electron chi connectivity index (χ0n) is 8.67. The van der Waals surface area contributed by atoms with Gasteiger partial charge in [-0.15, -0.1) is 0 Å². The third-order valence-electron chi connectivity index (χ3n) is 2.88. The molecule has 1 aromatic rings. The van der Waals surface area contributed by atoms with Crippen molar-refractivity contribution in [3.05, 3.63) is 24.4 Å². The van der Waals surface area contributed by atoms with Gasteiger partial charge in [0.05, 0.1) is 5.92 Å². The van der Waals surface area contributed by atoms with Gasteiger partial charge in [0, 0.05) is 25.4 Å². The van der Waals surface area contributed by atoms with Gasteiger partial charge >= 0.3 is 6.18 Å². The van der Waals surface area contributed by atoms with E-state index in [2.05, 4.69) is 11.1 Å². The highest BCUT2D eigenvalue weighted by atomic mass is 19.4. The van der Waals surface area contributed by atoms with Crippen LogP contribution < -0.4 is 4.90 Å². The first kappa shape index (κ1) is 11.2. The molecule has 0 bridgehead atoms. The maximum Gasteiger partial charge on any atom is 0.391 e. The minimum atomic E-state index is -4.05. The molecule has 5 heteroatoms. The standard InChI is InChI=1S/C11H12F3N2/c12-11(13,14)9-4-7-16(8-5-9)10-3-1-2-6-15-10/h1,3,6,9H,4-5,7-8H2. The fraction of sp³-hybridized carbons (Fsp3) is 0.545. The average Bonchev–Trinajstić information content (AvgIpc) is 2.29. The third-order valence-corrected chi connectivity index (χ3v) is 2.88. The van der Waals surface area contributed by atoms with Gasteiger partial charge in [-0.05, 0) is 25.0 Å². The highest BCUT2D eigenvalue weighted by molar-refractivity contribution is 5.37. The van der Waals surface area contributed by atoms with Crippen LogP contribution in [0.25, 0.3) is 0 Å². The Labute approximate surface area is 92.1 Å². The van der Waals surface area contributed by atoms with Crippen molar-refractivity contribution < 1.29 is 13.2 Å². The van der Waals surface area contributed by atoms with E-state index in [4.69, 9.17) is 0 Å². The molecule has 2 nitrogen and oxygen atoms in total. The number of piperidine rings is 1. The van der Waals surface area contributed by atoms with Crippen LogP contribution in [0.1, 0.15) is 12.8 Å². The van der Waals surface area contributed by atoms with Crippen molar-refractivity contribution in [2.75, 3.05) is 18.0 Å². The van der Waals surface area contributed by atoms with Crippen LogP contribution in [0.4, 0.5) is 19.0 Å². The van der Waals surface area contributed by atoms with Crippen molar-refractivity contribution in [1.29, 1.82) is 0 Å². The minimum absolute atomic E-state index is 0.157. The Hall–Kier alpha value is -1.26. The second-order valence-corrected chi connectivity index (χ2v) is 3.92. The Morgan fingerprint density at radius 3 is 2.50 bits per heavy atom. The van der Waals surface area contributed by atoms with Crippen LogP contribution in [0.15, 0.2) is 18.3 Å². The summed E-state index contributed by atoms with van der Waals surface area (Å²) in [5, 5.41) is 0.